The average Bonchev–Trinajstić information content (AvgIpc) is 2.46. The van der Waals surface area contributed by atoms with Crippen LogP contribution in [0.2, 0.25) is 0 Å². The van der Waals surface area contributed by atoms with Crippen LogP contribution in [0.4, 0.5) is 0 Å². The van der Waals surface area contributed by atoms with Gasteiger partial charge in [-0.05, 0) is 24.5 Å². The van der Waals surface area contributed by atoms with Gasteiger partial charge in [-0.15, -0.1) is 0 Å². The molecule has 2 rings (SSSR count). The van der Waals surface area contributed by atoms with E-state index in [4.69, 9.17) is 0 Å². The molecule has 0 saturated carbocycles. The van der Waals surface area contributed by atoms with Crippen LogP contribution in [0.3, 0.4) is 0 Å². The first-order chi connectivity index (χ1) is 8.74. The predicted molar refractivity (Wildman–Crippen MR) is 70.7 cm³/mol. The van der Waals surface area contributed by atoms with Crippen LogP contribution in [0.25, 0.3) is 0 Å². The van der Waals surface area contributed by atoms with E-state index in [-0.39, 0.29) is 5.78 Å². The number of hydrogen-bond acceptors (Lipinski definition) is 2. The third-order valence-corrected chi connectivity index (χ3v) is 3.60. The third-order valence-electron chi connectivity index (χ3n) is 3.60. The summed E-state index contributed by atoms with van der Waals surface area (Å²) in [7, 11) is 0. The summed E-state index contributed by atoms with van der Waals surface area (Å²) >= 11 is 0. The van der Waals surface area contributed by atoms with Crippen LogP contribution < -0.4 is 0 Å². The molecule has 1 unspecified atom stereocenters. The number of hydrogen-bond donors (Lipinski definition) is 0. The number of Topliss-reactive ketones (excluding diaryl/α,β-unsaturated/α-hetero) is 1. The van der Waals surface area contributed by atoms with Gasteiger partial charge in [0.15, 0.2) is 5.78 Å². The van der Waals surface area contributed by atoms with Crippen molar-refractivity contribution < 1.29 is 9.59 Å². The van der Waals surface area contributed by atoms with E-state index < -0.39 is 0 Å². The van der Waals surface area contributed by atoms with Crippen molar-refractivity contribution in [2.24, 2.45) is 0 Å². The topological polar surface area (TPSA) is 37.4 Å². The lowest BCUT2D eigenvalue weighted by molar-refractivity contribution is -0.119. The fourth-order valence-electron chi connectivity index (χ4n) is 2.54. The quantitative estimate of drug-likeness (QED) is 0.604. The molecule has 1 aromatic rings. The minimum atomic E-state index is 0.180. The standard InChI is InChI=1S/C15H19NO2/c1-2-15(18)13-6-3-5-12(9-13)14-7-4-8-16(10-14)11-17/h3,5-6,9,11,14H,2,4,7-8,10H2,1H3. The van der Waals surface area contributed by atoms with Crippen molar-refractivity contribution in [1.82, 2.24) is 4.90 Å². The minimum Gasteiger partial charge on any atom is -0.345 e. The molecule has 18 heavy (non-hydrogen) atoms. The van der Waals surface area contributed by atoms with E-state index >= 15 is 0 Å². The summed E-state index contributed by atoms with van der Waals surface area (Å²) in [5.74, 6) is 0.549. The first-order valence-electron chi connectivity index (χ1n) is 6.57. The number of amides is 1. The Balaban J connectivity index is 2.17. The zero-order valence-electron chi connectivity index (χ0n) is 10.8. The Hall–Kier alpha value is -1.64. The molecular formula is C15H19NO2. The Morgan fingerprint density at radius 2 is 2.33 bits per heavy atom. The highest BCUT2D eigenvalue weighted by molar-refractivity contribution is 5.96. The Kier molecular flexibility index (Phi) is 4.13. The zero-order valence-corrected chi connectivity index (χ0v) is 10.8. The molecule has 0 N–H and O–H groups in total. The van der Waals surface area contributed by atoms with Crippen LogP contribution in [0.15, 0.2) is 24.3 Å². The Morgan fingerprint density at radius 1 is 1.50 bits per heavy atom. The van der Waals surface area contributed by atoms with Crippen LogP contribution in [0, 0.1) is 0 Å². The van der Waals surface area contributed by atoms with Crippen molar-refractivity contribution in [2.75, 3.05) is 13.1 Å². The number of ketones is 1. The SMILES string of the molecule is CCC(=O)c1cccc(C2CCCN(C=O)C2)c1. The van der Waals surface area contributed by atoms with Gasteiger partial charge in [-0.25, -0.2) is 0 Å². The number of likely N-dealkylation sites (tertiary alicyclic amines) is 1. The van der Waals surface area contributed by atoms with Gasteiger partial charge in [0.25, 0.3) is 0 Å². The summed E-state index contributed by atoms with van der Waals surface area (Å²) in [5.41, 5.74) is 1.97. The van der Waals surface area contributed by atoms with Gasteiger partial charge in [0, 0.05) is 31.0 Å². The third kappa shape index (κ3) is 2.78. The molecule has 3 nitrogen and oxygen atoms in total. The van der Waals surface area contributed by atoms with Crippen molar-refractivity contribution in [3.63, 3.8) is 0 Å². The first kappa shape index (κ1) is 12.8. The summed E-state index contributed by atoms with van der Waals surface area (Å²) < 4.78 is 0. The molecule has 1 fully saturated rings. The monoisotopic (exact) mass is 245 g/mol. The van der Waals surface area contributed by atoms with Gasteiger partial charge in [0.05, 0.1) is 0 Å². The summed E-state index contributed by atoms with van der Waals surface area (Å²) in [6, 6.07) is 7.87. The number of rotatable bonds is 4. The lowest BCUT2D eigenvalue weighted by atomic mass is 9.89. The van der Waals surface area contributed by atoms with Gasteiger partial charge in [-0.2, -0.15) is 0 Å². The van der Waals surface area contributed by atoms with Gasteiger partial charge in [0.2, 0.25) is 6.41 Å². The van der Waals surface area contributed by atoms with E-state index in [9.17, 15) is 9.59 Å². The molecule has 1 atom stereocenters. The van der Waals surface area contributed by atoms with Crippen molar-refractivity contribution in [3.8, 4) is 0 Å². The average molecular weight is 245 g/mol. The van der Waals surface area contributed by atoms with E-state index in [1.807, 2.05) is 30.0 Å². The van der Waals surface area contributed by atoms with E-state index in [1.54, 1.807) is 0 Å². The molecule has 3 heteroatoms. The Morgan fingerprint density at radius 3 is 3.06 bits per heavy atom. The summed E-state index contributed by atoms with van der Waals surface area (Å²) in [6.07, 6.45) is 3.59. The highest BCUT2D eigenvalue weighted by Gasteiger charge is 2.20. The molecule has 0 aromatic heterocycles. The van der Waals surface area contributed by atoms with Gasteiger partial charge in [-0.1, -0.05) is 25.1 Å². The highest BCUT2D eigenvalue weighted by Crippen LogP contribution is 2.27. The molecule has 1 heterocycles. The van der Waals surface area contributed by atoms with E-state index in [1.165, 1.54) is 5.56 Å². The lowest BCUT2D eigenvalue weighted by Crippen LogP contribution is -2.33. The number of nitrogens with zero attached hydrogens (tertiary/aromatic N) is 1. The van der Waals surface area contributed by atoms with Gasteiger partial charge in [0.1, 0.15) is 0 Å². The maximum atomic E-state index is 11.7. The molecule has 0 spiro atoms. The number of carbonyl (C=O) groups is 2. The van der Waals surface area contributed by atoms with E-state index in [0.29, 0.717) is 12.3 Å². The lowest BCUT2D eigenvalue weighted by Gasteiger charge is -2.30. The summed E-state index contributed by atoms with van der Waals surface area (Å²) in [5, 5.41) is 0. The molecule has 0 radical (unpaired) electrons. The number of benzene rings is 1. The zero-order chi connectivity index (χ0) is 13.0. The maximum Gasteiger partial charge on any atom is 0.209 e. The molecule has 1 aliphatic rings. The molecule has 96 valence electrons. The molecule has 1 saturated heterocycles. The second kappa shape index (κ2) is 5.80. The fraction of sp³-hybridized carbons (Fsp3) is 0.467. The molecular weight excluding hydrogens is 226 g/mol. The van der Waals surface area contributed by atoms with Crippen LogP contribution in [-0.2, 0) is 4.79 Å². The second-order valence-corrected chi connectivity index (χ2v) is 4.84. The summed E-state index contributed by atoms with van der Waals surface area (Å²) in [6.45, 7) is 3.50. The molecule has 1 aromatic carbocycles. The van der Waals surface area contributed by atoms with Crippen LogP contribution in [0.5, 0.6) is 0 Å². The second-order valence-electron chi connectivity index (χ2n) is 4.84. The van der Waals surface area contributed by atoms with Crippen LogP contribution in [-0.4, -0.2) is 30.2 Å². The molecule has 0 aliphatic carbocycles. The highest BCUT2D eigenvalue weighted by atomic mass is 16.1. The molecule has 0 bridgehead atoms. The normalized spacial score (nSPS) is 19.6. The fourth-order valence-corrected chi connectivity index (χ4v) is 2.54. The van der Waals surface area contributed by atoms with Gasteiger partial charge < -0.3 is 4.90 Å². The number of piperidine rings is 1. The van der Waals surface area contributed by atoms with Crippen molar-refractivity contribution in [2.45, 2.75) is 32.1 Å². The Labute approximate surface area is 108 Å². The van der Waals surface area contributed by atoms with Gasteiger partial charge >= 0.3 is 0 Å². The summed E-state index contributed by atoms with van der Waals surface area (Å²) in [4.78, 5) is 24.4. The smallest absolute Gasteiger partial charge is 0.209 e. The minimum absolute atomic E-state index is 0.180. The molecule has 1 aliphatic heterocycles. The Bertz CT molecular complexity index is 442. The van der Waals surface area contributed by atoms with E-state index in [0.717, 1.165) is 37.9 Å². The number of carbonyl (C=O) groups excluding carboxylic acids is 2. The van der Waals surface area contributed by atoms with E-state index in [2.05, 4.69) is 6.07 Å². The predicted octanol–water partition coefficient (Wildman–Crippen LogP) is 2.62. The van der Waals surface area contributed by atoms with Crippen molar-refractivity contribution >= 4 is 12.2 Å². The van der Waals surface area contributed by atoms with Crippen molar-refractivity contribution in [3.05, 3.63) is 35.4 Å². The van der Waals surface area contributed by atoms with Crippen LogP contribution in [0.1, 0.15) is 48.0 Å². The maximum absolute atomic E-state index is 11.7. The van der Waals surface area contributed by atoms with Crippen LogP contribution >= 0.6 is 0 Å². The van der Waals surface area contributed by atoms with Crippen molar-refractivity contribution in [1.29, 1.82) is 0 Å². The largest absolute Gasteiger partial charge is 0.345 e. The first-order valence-corrected chi connectivity index (χ1v) is 6.57. The van der Waals surface area contributed by atoms with Gasteiger partial charge in [-0.3, -0.25) is 9.59 Å². The molecule has 1 amide bonds.